The fourth-order valence-electron chi connectivity index (χ4n) is 7.55. The second-order valence-corrected chi connectivity index (χ2v) is 12.8. The molecular formula is C48H31N3. The van der Waals surface area contributed by atoms with Crippen molar-refractivity contribution in [2.75, 3.05) is 0 Å². The molecule has 1 aliphatic carbocycles. The van der Waals surface area contributed by atoms with Crippen LogP contribution in [0.25, 0.3) is 56.4 Å². The summed E-state index contributed by atoms with van der Waals surface area (Å²) >= 11 is 0. The molecule has 0 saturated carbocycles. The number of hydrogen-bond acceptors (Lipinski definition) is 3. The summed E-state index contributed by atoms with van der Waals surface area (Å²) in [5.41, 5.74) is 12.6. The van der Waals surface area contributed by atoms with E-state index in [0.29, 0.717) is 17.5 Å². The lowest BCUT2D eigenvalue weighted by Crippen LogP contribution is -2.28. The molecule has 0 spiro atoms. The molecule has 0 fully saturated rings. The molecular weight excluding hydrogens is 619 g/mol. The Morgan fingerprint density at radius 3 is 1.47 bits per heavy atom. The van der Waals surface area contributed by atoms with Gasteiger partial charge >= 0.3 is 0 Å². The van der Waals surface area contributed by atoms with Crippen LogP contribution in [0.3, 0.4) is 0 Å². The zero-order valence-electron chi connectivity index (χ0n) is 27.7. The first-order valence-electron chi connectivity index (χ1n) is 17.1. The zero-order valence-corrected chi connectivity index (χ0v) is 27.7. The van der Waals surface area contributed by atoms with Gasteiger partial charge in [0.1, 0.15) is 0 Å². The topological polar surface area (TPSA) is 38.7 Å². The average molecular weight is 650 g/mol. The second kappa shape index (κ2) is 12.5. The van der Waals surface area contributed by atoms with E-state index in [1.807, 2.05) is 48.5 Å². The molecule has 0 atom stereocenters. The van der Waals surface area contributed by atoms with Gasteiger partial charge in [-0.3, -0.25) is 0 Å². The molecule has 0 saturated heterocycles. The first kappa shape index (κ1) is 30.2. The minimum atomic E-state index is -0.522. The van der Waals surface area contributed by atoms with Gasteiger partial charge in [0.25, 0.3) is 0 Å². The summed E-state index contributed by atoms with van der Waals surface area (Å²) in [7, 11) is 0. The van der Waals surface area contributed by atoms with Gasteiger partial charge < -0.3 is 0 Å². The molecule has 238 valence electrons. The first-order valence-corrected chi connectivity index (χ1v) is 17.1. The van der Waals surface area contributed by atoms with Crippen molar-refractivity contribution in [3.8, 4) is 68.8 Å². The lowest BCUT2D eigenvalue weighted by molar-refractivity contribution is 0.768. The van der Waals surface area contributed by atoms with Gasteiger partial charge in [-0.05, 0) is 68.8 Å². The molecule has 1 aliphatic rings. The number of rotatable bonds is 6. The number of fused-ring (bicyclic) bond motifs is 3. The predicted octanol–water partition coefficient (Wildman–Crippen LogP) is 10.9. The number of nitrogens with zero attached hydrogens (tertiary/aromatic N) is 3. The van der Waals surface area contributed by atoms with Crippen LogP contribution in [0, 0.1) is 12.3 Å². The zero-order chi connectivity index (χ0) is 34.2. The van der Waals surface area contributed by atoms with Gasteiger partial charge in [0, 0.05) is 22.3 Å². The summed E-state index contributed by atoms with van der Waals surface area (Å²) in [5, 5.41) is 0. The van der Waals surface area contributed by atoms with Crippen LogP contribution >= 0.6 is 0 Å². The number of benzene rings is 7. The lowest BCUT2D eigenvalue weighted by Gasteiger charge is -2.34. The molecule has 9 rings (SSSR count). The standard InChI is InChI=1S/C48H31N3/c1-2-33-27-29-34(30-28-33)36-17-13-18-37(31-36)46-49-45(35-15-5-3-6-16-35)50-47(51-46)38-19-14-22-40(32-38)48(39-20-7-4-8-21-39)43-25-11-9-23-41(43)42-24-10-12-26-44(42)48/h1,3-32H. The van der Waals surface area contributed by atoms with Gasteiger partial charge in [-0.15, -0.1) is 6.42 Å². The summed E-state index contributed by atoms with van der Waals surface area (Å²) < 4.78 is 0. The molecule has 3 heteroatoms. The Morgan fingerprint density at radius 1 is 0.373 bits per heavy atom. The van der Waals surface area contributed by atoms with Crippen LogP contribution in [-0.4, -0.2) is 15.0 Å². The van der Waals surface area contributed by atoms with Crippen molar-refractivity contribution < 1.29 is 0 Å². The first-order chi connectivity index (χ1) is 25.2. The highest BCUT2D eigenvalue weighted by Gasteiger charge is 2.45. The monoisotopic (exact) mass is 649 g/mol. The maximum atomic E-state index is 5.61. The molecule has 1 heterocycles. The lowest BCUT2D eigenvalue weighted by atomic mass is 9.67. The third kappa shape index (κ3) is 5.14. The van der Waals surface area contributed by atoms with Crippen LogP contribution in [0.5, 0.6) is 0 Å². The Kier molecular flexibility index (Phi) is 7.42. The average Bonchev–Trinajstić information content (AvgIpc) is 3.52. The molecule has 0 amide bonds. The summed E-state index contributed by atoms with van der Waals surface area (Å²) in [4.78, 5) is 15.3. The highest BCUT2D eigenvalue weighted by atomic mass is 15.0. The Labute approximate surface area is 298 Å². The molecule has 7 aromatic carbocycles. The van der Waals surface area contributed by atoms with E-state index >= 15 is 0 Å². The van der Waals surface area contributed by atoms with Crippen LogP contribution in [0.2, 0.25) is 0 Å². The van der Waals surface area contributed by atoms with E-state index in [0.717, 1.165) is 38.9 Å². The maximum Gasteiger partial charge on any atom is 0.164 e. The second-order valence-electron chi connectivity index (χ2n) is 12.8. The van der Waals surface area contributed by atoms with E-state index < -0.39 is 5.41 Å². The van der Waals surface area contributed by atoms with E-state index in [2.05, 4.69) is 139 Å². The Balaban J connectivity index is 1.24. The molecule has 0 N–H and O–H groups in total. The molecule has 0 bridgehead atoms. The van der Waals surface area contributed by atoms with Crippen LogP contribution in [0.1, 0.15) is 27.8 Å². The summed E-state index contributed by atoms with van der Waals surface area (Å²) in [6.45, 7) is 0. The number of terminal acetylenes is 1. The van der Waals surface area contributed by atoms with Crippen molar-refractivity contribution in [1.82, 2.24) is 15.0 Å². The molecule has 8 aromatic rings. The number of hydrogen-bond donors (Lipinski definition) is 0. The van der Waals surface area contributed by atoms with Gasteiger partial charge in [0.15, 0.2) is 17.5 Å². The third-order valence-electron chi connectivity index (χ3n) is 9.89. The summed E-state index contributed by atoms with van der Waals surface area (Å²) in [6.07, 6.45) is 5.61. The van der Waals surface area contributed by atoms with Crippen LogP contribution < -0.4 is 0 Å². The van der Waals surface area contributed by atoms with Crippen molar-refractivity contribution in [2.45, 2.75) is 5.41 Å². The van der Waals surface area contributed by atoms with E-state index in [9.17, 15) is 0 Å². The molecule has 3 nitrogen and oxygen atoms in total. The molecule has 0 aliphatic heterocycles. The van der Waals surface area contributed by atoms with Gasteiger partial charge in [0.2, 0.25) is 0 Å². The molecule has 1 aromatic heterocycles. The van der Waals surface area contributed by atoms with E-state index in [-0.39, 0.29) is 0 Å². The smallest absolute Gasteiger partial charge is 0.164 e. The van der Waals surface area contributed by atoms with Crippen LogP contribution in [0.4, 0.5) is 0 Å². The quantitative estimate of drug-likeness (QED) is 0.168. The van der Waals surface area contributed by atoms with Crippen molar-refractivity contribution >= 4 is 0 Å². The normalized spacial score (nSPS) is 12.5. The predicted molar refractivity (Wildman–Crippen MR) is 207 cm³/mol. The highest BCUT2D eigenvalue weighted by molar-refractivity contribution is 5.86. The van der Waals surface area contributed by atoms with Crippen LogP contribution in [-0.2, 0) is 5.41 Å². The van der Waals surface area contributed by atoms with Crippen molar-refractivity contribution in [3.05, 3.63) is 210 Å². The minimum absolute atomic E-state index is 0.522. The fourth-order valence-corrected chi connectivity index (χ4v) is 7.55. The Bertz CT molecular complexity index is 2540. The van der Waals surface area contributed by atoms with Crippen molar-refractivity contribution in [1.29, 1.82) is 0 Å². The minimum Gasteiger partial charge on any atom is -0.208 e. The van der Waals surface area contributed by atoms with E-state index in [1.165, 1.54) is 27.8 Å². The van der Waals surface area contributed by atoms with E-state index in [1.54, 1.807) is 0 Å². The molecule has 51 heavy (non-hydrogen) atoms. The van der Waals surface area contributed by atoms with Crippen LogP contribution in [0.15, 0.2) is 182 Å². The number of aromatic nitrogens is 3. The van der Waals surface area contributed by atoms with Gasteiger partial charge in [-0.25, -0.2) is 15.0 Å². The van der Waals surface area contributed by atoms with Gasteiger partial charge in [0.05, 0.1) is 5.41 Å². The maximum absolute atomic E-state index is 5.61. The van der Waals surface area contributed by atoms with E-state index in [4.69, 9.17) is 21.4 Å². The Hall–Kier alpha value is -6.89. The van der Waals surface area contributed by atoms with Gasteiger partial charge in [-0.1, -0.05) is 164 Å². The SMILES string of the molecule is C#Cc1ccc(-c2cccc(-c3nc(-c4ccccc4)nc(-c4cccc(C5(c6ccccc6)c6ccccc6-c6ccccc65)c4)n3)c2)cc1. The highest BCUT2D eigenvalue weighted by Crippen LogP contribution is 2.56. The summed E-state index contributed by atoms with van der Waals surface area (Å²) in [5.74, 6) is 4.56. The van der Waals surface area contributed by atoms with Crippen molar-refractivity contribution in [3.63, 3.8) is 0 Å². The fraction of sp³-hybridized carbons (Fsp3) is 0.0208. The molecule has 0 radical (unpaired) electrons. The molecule has 0 unspecified atom stereocenters. The third-order valence-corrected chi connectivity index (χ3v) is 9.89. The van der Waals surface area contributed by atoms with Crippen molar-refractivity contribution in [2.24, 2.45) is 0 Å². The Morgan fingerprint density at radius 2 is 0.843 bits per heavy atom. The largest absolute Gasteiger partial charge is 0.208 e. The van der Waals surface area contributed by atoms with Gasteiger partial charge in [-0.2, -0.15) is 0 Å². The summed E-state index contributed by atoms with van der Waals surface area (Å²) in [6, 6.07) is 63.6.